The summed E-state index contributed by atoms with van der Waals surface area (Å²) in [5.41, 5.74) is 3.55. The van der Waals surface area contributed by atoms with E-state index in [1.807, 2.05) is 13.0 Å². The monoisotopic (exact) mass is 744 g/mol. The lowest BCUT2D eigenvalue weighted by atomic mass is 9.96. The van der Waals surface area contributed by atoms with Crippen LogP contribution in [0.15, 0.2) is 35.2 Å². The third-order valence-electron chi connectivity index (χ3n) is 10.3. The SMILES string of the molecule is CC(=O)c1nn2c3c(cc(-c4cnc(C)nc4)cc13)CCCCCCC(=O)NC[C@@]13C[C@@H](C(=O)Nc4nc(Br)c(F)cc4C)N(C(=O)C2)[C@@H]1C3. The Morgan fingerprint density at radius 3 is 2.50 bits per heavy atom. The van der Waals surface area contributed by atoms with Crippen molar-refractivity contribution in [2.24, 2.45) is 5.41 Å². The summed E-state index contributed by atoms with van der Waals surface area (Å²) in [4.78, 5) is 68.7. The van der Waals surface area contributed by atoms with Crippen LogP contribution in [0.25, 0.3) is 22.0 Å². The van der Waals surface area contributed by atoms with Crippen LogP contribution in [0.1, 0.15) is 79.3 Å². The Hall–Kier alpha value is -4.59. The number of benzene rings is 1. The molecule has 1 saturated carbocycles. The standard InChI is InChI=1S/C36H38BrFN8O4/c1-19-10-26(38)33(37)42-34(19)43-35(50)27-13-36-14-28(36)46(27)30(49)17-45-32-22(8-6-4-5-7-9-29(48)41-18-36)11-23(24-15-39-21(3)40-16-24)12-25(32)31(44-45)20(2)47/h10-12,15-16,27-28H,4-9,13-14,17-18H2,1-3H3,(H,41,48)(H,42,43,50)/t27-,28+,36-/m0/s1. The van der Waals surface area contributed by atoms with Gasteiger partial charge in [-0.25, -0.2) is 19.3 Å². The molecule has 2 aliphatic heterocycles. The molecule has 14 heteroatoms. The fourth-order valence-corrected chi connectivity index (χ4v) is 7.85. The van der Waals surface area contributed by atoms with E-state index in [9.17, 15) is 23.6 Å². The number of Topliss-reactive ketones (excluding diaryl/α,β-unsaturated/α-hetero) is 1. The Morgan fingerprint density at radius 2 is 1.76 bits per heavy atom. The molecule has 7 rings (SSSR count). The summed E-state index contributed by atoms with van der Waals surface area (Å²) >= 11 is 3.09. The van der Waals surface area contributed by atoms with Crippen molar-refractivity contribution in [2.75, 3.05) is 11.9 Å². The number of ketones is 1. The minimum absolute atomic E-state index is 0.0337. The molecular weight excluding hydrogens is 707 g/mol. The minimum atomic E-state index is -0.858. The molecule has 2 fully saturated rings. The highest BCUT2D eigenvalue weighted by molar-refractivity contribution is 9.10. The summed E-state index contributed by atoms with van der Waals surface area (Å²) in [5, 5.41) is 11.2. The van der Waals surface area contributed by atoms with Crippen molar-refractivity contribution in [3.63, 3.8) is 0 Å². The van der Waals surface area contributed by atoms with E-state index in [4.69, 9.17) is 5.10 Å². The third-order valence-corrected chi connectivity index (χ3v) is 10.8. The highest BCUT2D eigenvalue weighted by Crippen LogP contribution is 2.59. The average molecular weight is 746 g/mol. The van der Waals surface area contributed by atoms with Crippen LogP contribution in [0.4, 0.5) is 10.2 Å². The molecule has 0 radical (unpaired) electrons. The molecule has 3 atom stereocenters. The number of hydrogen-bond donors (Lipinski definition) is 2. The molecule has 2 bridgehead atoms. The molecule has 5 heterocycles. The number of carbonyl (C=O) groups excluding carboxylic acids is 4. The third kappa shape index (κ3) is 6.40. The van der Waals surface area contributed by atoms with Gasteiger partial charge in [0.15, 0.2) is 11.6 Å². The van der Waals surface area contributed by atoms with E-state index in [-0.39, 0.29) is 46.3 Å². The number of rotatable bonds is 4. The van der Waals surface area contributed by atoms with Crippen molar-refractivity contribution in [1.82, 2.24) is 34.9 Å². The first-order valence-corrected chi connectivity index (χ1v) is 17.8. The van der Waals surface area contributed by atoms with Crippen LogP contribution in [0.5, 0.6) is 0 Å². The van der Waals surface area contributed by atoms with Crippen LogP contribution in [-0.4, -0.2) is 71.8 Å². The minimum Gasteiger partial charge on any atom is -0.355 e. The largest absolute Gasteiger partial charge is 0.355 e. The van der Waals surface area contributed by atoms with Crippen LogP contribution in [0.2, 0.25) is 0 Å². The van der Waals surface area contributed by atoms with Gasteiger partial charge in [-0.2, -0.15) is 5.10 Å². The van der Waals surface area contributed by atoms with Crippen molar-refractivity contribution in [1.29, 1.82) is 0 Å². The molecule has 3 aromatic heterocycles. The van der Waals surface area contributed by atoms with E-state index in [0.29, 0.717) is 54.5 Å². The molecule has 260 valence electrons. The van der Waals surface area contributed by atoms with Gasteiger partial charge in [-0.3, -0.25) is 23.9 Å². The van der Waals surface area contributed by atoms with Crippen LogP contribution >= 0.6 is 15.9 Å². The van der Waals surface area contributed by atoms with Crippen molar-refractivity contribution in [3.8, 4) is 11.1 Å². The first-order valence-electron chi connectivity index (χ1n) is 17.0. The number of hydrogen-bond acceptors (Lipinski definition) is 8. The van der Waals surface area contributed by atoms with E-state index in [1.165, 1.54) is 13.0 Å². The van der Waals surface area contributed by atoms with Gasteiger partial charge in [0.1, 0.15) is 34.5 Å². The van der Waals surface area contributed by atoms with Gasteiger partial charge in [-0.05, 0) is 96.8 Å². The maximum Gasteiger partial charge on any atom is 0.248 e. The van der Waals surface area contributed by atoms with Crippen LogP contribution in [0, 0.1) is 25.1 Å². The lowest BCUT2D eigenvalue weighted by Crippen LogP contribution is -2.47. The number of halogens is 2. The Labute approximate surface area is 296 Å². The molecule has 3 aliphatic rings. The highest BCUT2D eigenvalue weighted by atomic mass is 79.9. The zero-order valence-corrected chi connectivity index (χ0v) is 29.8. The number of carbonyl (C=O) groups is 4. The van der Waals surface area contributed by atoms with Crippen LogP contribution < -0.4 is 10.6 Å². The van der Waals surface area contributed by atoms with Crippen molar-refractivity contribution in [3.05, 3.63) is 63.7 Å². The molecule has 1 aromatic carbocycles. The molecule has 2 N–H and O–H groups in total. The van der Waals surface area contributed by atoms with E-state index < -0.39 is 23.2 Å². The second kappa shape index (κ2) is 13.3. The van der Waals surface area contributed by atoms with Gasteiger partial charge in [0, 0.05) is 54.7 Å². The Bertz CT molecular complexity index is 2050. The zero-order valence-electron chi connectivity index (χ0n) is 28.2. The molecule has 0 unspecified atom stereocenters. The Morgan fingerprint density at radius 1 is 1.02 bits per heavy atom. The van der Waals surface area contributed by atoms with Gasteiger partial charge in [-0.15, -0.1) is 0 Å². The van der Waals surface area contributed by atoms with Crippen molar-refractivity contribution >= 4 is 56.2 Å². The van der Waals surface area contributed by atoms with Crippen molar-refractivity contribution < 1.29 is 23.6 Å². The van der Waals surface area contributed by atoms with Crippen LogP contribution in [-0.2, 0) is 27.3 Å². The van der Waals surface area contributed by atoms with Gasteiger partial charge in [-0.1, -0.05) is 12.8 Å². The lowest BCUT2D eigenvalue weighted by molar-refractivity contribution is -0.138. The second-order valence-electron chi connectivity index (χ2n) is 13.8. The highest BCUT2D eigenvalue weighted by Gasteiger charge is 2.67. The summed E-state index contributed by atoms with van der Waals surface area (Å²) in [6.07, 6.45) is 8.96. The fourth-order valence-electron chi connectivity index (χ4n) is 7.56. The number of aromatic nitrogens is 5. The molecule has 3 amide bonds. The number of piperidine rings is 1. The fraction of sp³-hybridized carbons (Fsp3) is 0.444. The molecular formula is C36H38BrFN8O4. The predicted molar refractivity (Wildman–Crippen MR) is 187 cm³/mol. The van der Waals surface area contributed by atoms with E-state index in [2.05, 4.69) is 47.6 Å². The summed E-state index contributed by atoms with van der Waals surface area (Å²) in [6.45, 7) is 5.09. The number of amides is 3. The zero-order chi connectivity index (χ0) is 35.3. The number of aryl methyl sites for hydroxylation is 3. The second-order valence-corrected chi connectivity index (χ2v) is 14.6. The van der Waals surface area contributed by atoms with Gasteiger partial charge in [0.05, 0.1) is 5.52 Å². The molecule has 4 aromatic rings. The molecule has 1 aliphatic carbocycles. The molecule has 50 heavy (non-hydrogen) atoms. The molecule has 12 nitrogen and oxygen atoms in total. The maximum atomic E-state index is 14.4. The first-order chi connectivity index (χ1) is 23.9. The number of nitrogens with one attached hydrogen (secondary N) is 2. The normalized spacial score (nSPS) is 22.5. The first kappa shape index (κ1) is 33.9. The summed E-state index contributed by atoms with van der Waals surface area (Å²) < 4.78 is 15.7. The number of anilines is 1. The van der Waals surface area contributed by atoms with Gasteiger partial charge < -0.3 is 15.5 Å². The average Bonchev–Trinajstić information content (AvgIpc) is 3.49. The summed E-state index contributed by atoms with van der Waals surface area (Å²) in [6, 6.07) is 4.11. The lowest BCUT2D eigenvalue weighted by Gasteiger charge is -2.27. The van der Waals surface area contributed by atoms with Gasteiger partial charge >= 0.3 is 0 Å². The van der Waals surface area contributed by atoms with E-state index in [0.717, 1.165) is 42.4 Å². The number of nitrogens with zero attached hydrogens (tertiary/aromatic N) is 6. The van der Waals surface area contributed by atoms with Crippen LogP contribution in [0.3, 0.4) is 0 Å². The van der Waals surface area contributed by atoms with Gasteiger partial charge in [0.25, 0.3) is 0 Å². The van der Waals surface area contributed by atoms with Gasteiger partial charge in [0.2, 0.25) is 17.7 Å². The Kier molecular flexibility index (Phi) is 8.99. The predicted octanol–water partition coefficient (Wildman–Crippen LogP) is 5.23. The molecule has 0 spiro atoms. The smallest absolute Gasteiger partial charge is 0.248 e. The Balaban J connectivity index is 1.28. The topological polar surface area (TPSA) is 152 Å². The maximum absolute atomic E-state index is 14.4. The summed E-state index contributed by atoms with van der Waals surface area (Å²) in [5.74, 6) is -0.746. The van der Waals surface area contributed by atoms with E-state index in [1.54, 1.807) is 28.9 Å². The van der Waals surface area contributed by atoms with E-state index >= 15 is 0 Å². The quantitative estimate of drug-likeness (QED) is 0.213. The summed E-state index contributed by atoms with van der Waals surface area (Å²) in [7, 11) is 0. The molecule has 1 saturated heterocycles. The number of pyridine rings is 1. The van der Waals surface area contributed by atoms with Crippen molar-refractivity contribution in [2.45, 2.75) is 90.8 Å².